The molecule has 1 aliphatic rings. The first-order chi connectivity index (χ1) is 14.4. The normalized spacial score (nSPS) is 14.8. The fourth-order valence-corrected chi connectivity index (χ4v) is 3.90. The lowest BCUT2D eigenvalue weighted by atomic mass is 10.1. The van der Waals surface area contributed by atoms with E-state index in [1.165, 1.54) is 11.8 Å². The molecule has 0 unspecified atom stereocenters. The average molecular weight is 425 g/mol. The molecule has 0 N–H and O–H groups in total. The SMILES string of the molecule is CCOC(=O)CSC1=NC(=Cc2ccc(OC)cc2)C(=O)N1c1cc(C)cc(C)c1. The van der Waals surface area contributed by atoms with Gasteiger partial charge in [0.05, 0.1) is 25.2 Å². The summed E-state index contributed by atoms with van der Waals surface area (Å²) in [5.74, 6) is 0.241. The first-order valence-corrected chi connectivity index (χ1v) is 10.6. The highest BCUT2D eigenvalue weighted by molar-refractivity contribution is 8.14. The van der Waals surface area contributed by atoms with Crippen LogP contribution in [-0.4, -0.2) is 36.5 Å². The zero-order valence-corrected chi connectivity index (χ0v) is 18.3. The van der Waals surface area contributed by atoms with E-state index in [-0.39, 0.29) is 17.6 Å². The smallest absolute Gasteiger partial charge is 0.316 e. The minimum atomic E-state index is -0.342. The number of amidine groups is 1. The van der Waals surface area contributed by atoms with Crippen molar-refractivity contribution in [2.45, 2.75) is 20.8 Å². The first-order valence-electron chi connectivity index (χ1n) is 9.57. The number of thioether (sulfide) groups is 1. The second-order valence-electron chi connectivity index (χ2n) is 6.78. The van der Waals surface area contributed by atoms with Gasteiger partial charge in [-0.3, -0.25) is 14.5 Å². The second kappa shape index (κ2) is 9.63. The van der Waals surface area contributed by atoms with Crippen molar-refractivity contribution in [1.82, 2.24) is 0 Å². The third kappa shape index (κ3) is 5.10. The van der Waals surface area contributed by atoms with Gasteiger partial charge in [-0.15, -0.1) is 0 Å². The maximum absolute atomic E-state index is 13.2. The number of amides is 1. The Labute approximate surface area is 180 Å². The Balaban J connectivity index is 1.95. The molecule has 1 amide bonds. The minimum Gasteiger partial charge on any atom is -0.497 e. The number of methoxy groups -OCH3 is 1. The van der Waals surface area contributed by atoms with Crippen LogP contribution in [0.1, 0.15) is 23.6 Å². The van der Waals surface area contributed by atoms with Gasteiger partial charge in [0.15, 0.2) is 5.17 Å². The summed E-state index contributed by atoms with van der Waals surface area (Å²) >= 11 is 1.19. The van der Waals surface area contributed by atoms with Crippen molar-refractivity contribution in [3.05, 3.63) is 64.9 Å². The summed E-state index contributed by atoms with van der Waals surface area (Å²) in [5.41, 5.74) is 3.96. The van der Waals surface area contributed by atoms with Crippen molar-refractivity contribution < 1.29 is 19.1 Å². The number of aliphatic imine (C=N–C) groups is 1. The van der Waals surface area contributed by atoms with E-state index in [9.17, 15) is 9.59 Å². The predicted octanol–water partition coefficient (Wildman–Crippen LogP) is 4.35. The number of benzene rings is 2. The Morgan fingerprint density at radius 2 is 1.80 bits per heavy atom. The molecule has 0 spiro atoms. The van der Waals surface area contributed by atoms with Crippen molar-refractivity contribution in [2.75, 3.05) is 24.4 Å². The second-order valence-corrected chi connectivity index (χ2v) is 7.72. The number of carbonyl (C=O) groups excluding carboxylic acids is 2. The number of ether oxygens (including phenoxy) is 2. The Morgan fingerprint density at radius 1 is 1.13 bits per heavy atom. The van der Waals surface area contributed by atoms with Gasteiger partial charge in [-0.25, -0.2) is 4.99 Å². The summed E-state index contributed by atoms with van der Waals surface area (Å²) in [7, 11) is 1.60. The molecule has 30 heavy (non-hydrogen) atoms. The topological polar surface area (TPSA) is 68.2 Å². The highest BCUT2D eigenvalue weighted by Crippen LogP contribution is 2.31. The number of esters is 1. The van der Waals surface area contributed by atoms with Crippen molar-refractivity contribution in [1.29, 1.82) is 0 Å². The molecule has 6 nitrogen and oxygen atoms in total. The average Bonchev–Trinajstić information content (AvgIpc) is 3.01. The number of rotatable bonds is 6. The Kier molecular flexibility index (Phi) is 6.95. The van der Waals surface area contributed by atoms with Crippen molar-refractivity contribution in [2.24, 2.45) is 4.99 Å². The standard InChI is InChI=1S/C23H24N2O4S/c1-5-29-21(26)14-30-23-24-20(13-17-6-8-19(28-4)9-7-17)22(27)25(23)18-11-15(2)10-16(3)12-18/h6-13H,5,14H2,1-4H3. The van der Waals surface area contributed by atoms with Crippen LogP contribution in [0, 0.1) is 13.8 Å². The molecular weight excluding hydrogens is 400 g/mol. The van der Waals surface area contributed by atoms with Crippen LogP contribution in [0.5, 0.6) is 5.75 Å². The summed E-state index contributed by atoms with van der Waals surface area (Å²) in [6.45, 7) is 6.03. The van der Waals surface area contributed by atoms with Gasteiger partial charge in [0.2, 0.25) is 0 Å². The lowest BCUT2D eigenvalue weighted by molar-refractivity contribution is -0.139. The fraction of sp³-hybridized carbons (Fsp3) is 0.261. The van der Waals surface area contributed by atoms with Crippen LogP contribution in [0.3, 0.4) is 0 Å². The van der Waals surface area contributed by atoms with Crippen LogP contribution < -0.4 is 9.64 Å². The summed E-state index contributed by atoms with van der Waals surface area (Å²) in [6.07, 6.45) is 1.73. The number of hydrogen-bond donors (Lipinski definition) is 0. The van der Waals surface area contributed by atoms with E-state index in [4.69, 9.17) is 9.47 Å². The van der Waals surface area contributed by atoms with E-state index in [0.717, 1.165) is 28.1 Å². The number of anilines is 1. The van der Waals surface area contributed by atoms with E-state index in [1.807, 2.05) is 56.3 Å². The Bertz CT molecular complexity index is 992. The molecule has 0 radical (unpaired) electrons. The van der Waals surface area contributed by atoms with E-state index in [2.05, 4.69) is 4.99 Å². The molecule has 1 heterocycles. The van der Waals surface area contributed by atoms with Gasteiger partial charge in [-0.05, 0) is 67.8 Å². The minimum absolute atomic E-state index is 0.0804. The molecule has 2 aromatic carbocycles. The number of carbonyl (C=O) groups is 2. The van der Waals surface area contributed by atoms with Crippen molar-refractivity contribution >= 4 is 40.6 Å². The molecule has 0 fully saturated rings. The molecule has 3 rings (SSSR count). The largest absolute Gasteiger partial charge is 0.497 e. The Morgan fingerprint density at radius 3 is 2.40 bits per heavy atom. The van der Waals surface area contributed by atoms with Gasteiger partial charge in [-0.1, -0.05) is 30.0 Å². The highest BCUT2D eigenvalue weighted by Gasteiger charge is 2.32. The Hall–Kier alpha value is -3.06. The summed E-state index contributed by atoms with van der Waals surface area (Å²) in [4.78, 5) is 31.2. The van der Waals surface area contributed by atoms with E-state index >= 15 is 0 Å². The van der Waals surface area contributed by atoms with Crippen molar-refractivity contribution in [3.8, 4) is 5.75 Å². The molecular formula is C23H24N2O4S. The molecule has 0 saturated carbocycles. The molecule has 0 atom stereocenters. The molecule has 0 bridgehead atoms. The van der Waals surface area contributed by atoms with Crippen LogP contribution in [0.4, 0.5) is 5.69 Å². The maximum atomic E-state index is 13.2. The van der Waals surface area contributed by atoms with Gasteiger partial charge in [-0.2, -0.15) is 0 Å². The number of aryl methyl sites for hydroxylation is 2. The van der Waals surface area contributed by atoms with Crippen molar-refractivity contribution in [3.63, 3.8) is 0 Å². The fourth-order valence-electron chi connectivity index (χ4n) is 3.08. The molecule has 2 aromatic rings. The molecule has 156 valence electrons. The lowest BCUT2D eigenvalue weighted by Gasteiger charge is -2.19. The van der Waals surface area contributed by atoms with Crippen LogP contribution in [0.25, 0.3) is 6.08 Å². The van der Waals surface area contributed by atoms with Gasteiger partial charge < -0.3 is 9.47 Å². The third-order valence-electron chi connectivity index (χ3n) is 4.34. The number of hydrogen-bond acceptors (Lipinski definition) is 6. The first kappa shape index (κ1) is 21.6. The molecule has 1 aliphatic heterocycles. The molecule has 0 saturated heterocycles. The molecule has 0 aromatic heterocycles. The van der Waals surface area contributed by atoms with Gasteiger partial charge in [0.25, 0.3) is 5.91 Å². The number of nitrogens with zero attached hydrogens (tertiary/aromatic N) is 2. The zero-order chi connectivity index (χ0) is 21.7. The maximum Gasteiger partial charge on any atom is 0.316 e. The van der Waals surface area contributed by atoms with Gasteiger partial charge in [0.1, 0.15) is 11.4 Å². The monoisotopic (exact) mass is 424 g/mol. The van der Waals surface area contributed by atoms with E-state index in [0.29, 0.717) is 17.5 Å². The lowest BCUT2D eigenvalue weighted by Crippen LogP contribution is -2.31. The predicted molar refractivity (Wildman–Crippen MR) is 121 cm³/mol. The quantitative estimate of drug-likeness (QED) is 0.509. The highest BCUT2D eigenvalue weighted by atomic mass is 32.2. The van der Waals surface area contributed by atoms with Crippen LogP contribution in [0.2, 0.25) is 0 Å². The van der Waals surface area contributed by atoms with E-state index < -0.39 is 0 Å². The van der Waals surface area contributed by atoms with Crippen LogP contribution in [-0.2, 0) is 14.3 Å². The van der Waals surface area contributed by atoms with Crippen LogP contribution in [0.15, 0.2) is 53.2 Å². The van der Waals surface area contributed by atoms with Gasteiger partial charge >= 0.3 is 5.97 Å². The summed E-state index contributed by atoms with van der Waals surface area (Å²) in [6, 6.07) is 13.3. The zero-order valence-electron chi connectivity index (χ0n) is 17.5. The van der Waals surface area contributed by atoms with E-state index in [1.54, 1.807) is 25.0 Å². The molecule has 0 aliphatic carbocycles. The summed E-state index contributed by atoms with van der Waals surface area (Å²) in [5, 5.41) is 0.456. The molecule has 7 heteroatoms. The van der Waals surface area contributed by atoms with Gasteiger partial charge in [0, 0.05) is 0 Å². The third-order valence-corrected chi connectivity index (χ3v) is 5.25. The summed E-state index contributed by atoms with van der Waals surface area (Å²) < 4.78 is 10.2. The van der Waals surface area contributed by atoms with Crippen LogP contribution >= 0.6 is 11.8 Å².